The molecule has 1 aromatic rings. The van der Waals surface area contributed by atoms with Gasteiger partial charge in [0.05, 0.1) is 5.60 Å². The second kappa shape index (κ2) is 3.96. The first kappa shape index (κ1) is 11.8. The first-order valence-electron chi connectivity index (χ1n) is 5.50. The molecule has 1 amide bonds. The molecule has 6 nitrogen and oxygen atoms in total. The van der Waals surface area contributed by atoms with E-state index in [2.05, 4.69) is 9.97 Å². The van der Waals surface area contributed by atoms with Gasteiger partial charge in [0, 0.05) is 18.8 Å². The Bertz CT molecular complexity index is 439. The molecule has 1 atom stereocenters. The van der Waals surface area contributed by atoms with E-state index in [1.54, 1.807) is 24.8 Å². The number of β-amino-alcohol motifs (C(OH)–C–C–N with tert-alkyl or cyclic N) is 1. The van der Waals surface area contributed by atoms with Gasteiger partial charge >= 0.3 is 0 Å². The minimum absolute atomic E-state index is 0.0966. The zero-order valence-corrected chi connectivity index (χ0v) is 9.97. The van der Waals surface area contributed by atoms with Crippen molar-refractivity contribution in [1.82, 2.24) is 14.9 Å². The van der Waals surface area contributed by atoms with Crippen LogP contribution in [-0.4, -0.2) is 44.6 Å². The van der Waals surface area contributed by atoms with Crippen LogP contribution in [0.5, 0.6) is 0 Å². The average molecular weight is 236 g/mol. The molecule has 0 spiro atoms. The summed E-state index contributed by atoms with van der Waals surface area (Å²) in [5.74, 6) is -0.112. The van der Waals surface area contributed by atoms with Gasteiger partial charge < -0.3 is 15.7 Å². The van der Waals surface area contributed by atoms with Crippen molar-refractivity contribution in [2.45, 2.75) is 25.9 Å². The van der Waals surface area contributed by atoms with Gasteiger partial charge in [0.25, 0.3) is 5.91 Å². The van der Waals surface area contributed by atoms with Gasteiger partial charge in [-0.3, -0.25) is 4.79 Å². The van der Waals surface area contributed by atoms with Crippen LogP contribution >= 0.6 is 0 Å². The van der Waals surface area contributed by atoms with Crippen LogP contribution in [0.3, 0.4) is 0 Å². The van der Waals surface area contributed by atoms with Crippen LogP contribution in [0, 0.1) is 6.92 Å². The van der Waals surface area contributed by atoms with Gasteiger partial charge in [0.2, 0.25) is 5.95 Å². The number of carbonyl (C=O) groups excluding carboxylic acids is 1. The molecule has 17 heavy (non-hydrogen) atoms. The fourth-order valence-electron chi connectivity index (χ4n) is 1.98. The normalized spacial score (nSPS) is 24.1. The van der Waals surface area contributed by atoms with Crippen LogP contribution in [0.15, 0.2) is 6.07 Å². The van der Waals surface area contributed by atoms with E-state index in [9.17, 15) is 9.90 Å². The summed E-state index contributed by atoms with van der Waals surface area (Å²) in [5, 5.41) is 9.82. The van der Waals surface area contributed by atoms with E-state index in [0.717, 1.165) is 0 Å². The maximum Gasteiger partial charge on any atom is 0.272 e. The zero-order valence-electron chi connectivity index (χ0n) is 9.97. The number of rotatable bonds is 1. The first-order valence-corrected chi connectivity index (χ1v) is 5.50. The van der Waals surface area contributed by atoms with Gasteiger partial charge in [-0.1, -0.05) is 0 Å². The molecule has 6 heteroatoms. The number of nitrogens with zero attached hydrogens (tertiary/aromatic N) is 3. The second-order valence-electron chi connectivity index (χ2n) is 4.73. The third kappa shape index (κ3) is 2.52. The first-order chi connectivity index (χ1) is 7.87. The maximum atomic E-state index is 12.1. The van der Waals surface area contributed by atoms with Gasteiger partial charge in [-0.05, 0) is 26.3 Å². The van der Waals surface area contributed by atoms with Crippen molar-refractivity contribution < 1.29 is 9.90 Å². The Morgan fingerprint density at radius 3 is 2.82 bits per heavy atom. The summed E-state index contributed by atoms with van der Waals surface area (Å²) in [6.07, 6.45) is 0.582. The molecule has 1 aliphatic rings. The highest BCUT2D eigenvalue weighted by Gasteiger charge is 2.34. The minimum atomic E-state index is -0.802. The second-order valence-corrected chi connectivity index (χ2v) is 4.73. The monoisotopic (exact) mass is 236 g/mol. The van der Waals surface area contributed by atoms with E-state index in [-0.39, 0.29) is 17.5 Å². The molecule has 1 aromatic heterocycles. The summed E-state index contributed by atoms with van der Waals surface area (Å²) in [5.41, 5.74) is 5.65. The Morgan fingerprint density at radius 2 is 2.29 bits per heavy atom. The highest BCUT2D eigenvalue weighted by Crippen LogP contribution is 2.21. The van der Waals surface area contributed by atoms with Gasteiger partial charge in [-0.2, -0.15) is 0 Å². The van der Waals surface area contributed by atoms with E-state index in [4.69, 9.17) is 5.73 Å². The number of likely N-dealkylation sites (tertiary alicyclic amines) is 1. The smallest absolute Gasteiger partial charge is 0.272 e. The Labute approximate surface area is 99.5 Å². The fraction of sp³-hybridized carbons (Fsp3) is 0.545. The quantitative estimate of drug-likeness (QED) is 0.714. The zero-order chi connectivity index (χ0) is 12.6. The molecular weight excluding hydrogens is 220 g/mol. The Balaban J connectivity index is 2.20. The van der Waals surface area contributed by atoms with Crippen LogP contribution in [0.4, 0.5) is 5.95 Å². The van der Waals surface area contributed by atoms with Gasteiger partial charge in [-0.15, -0.1) is 0 Å². The lowest BCUT2D eigenvalue weighted by Gasteiger charge is -2.18. The van der Waals surface area contributed by atoms with E-state index in [1.807, 2.05) is 0 Å². The van der Waals surface area contributed by atoms with Crippen LogP contribution in [-0.2, 0) is 0 Å². The van der Waals surface area contributed by atoms with Crippen LogP contribution < -0.4 is 5.73 Å². The topological polar surface area (TPSA) is 92.3 Å². The van der Waals surface area contributed by atoms with Crippen molar-refractivity contribution >= 4 is 11.9 Å². The van der Waals surface area contributed by atoms with Crippen molar-refractivity contribution in [2.24, 2.45) is 0 Å². The Kier molecular flexibility index (Phi) is 2.74. The number of hydrogen-bond donors (Lipinski definition) is 2. The molecule has 3 N–H and O–H groups in total. The molecule has 1 saturated heterocycles. The van der Waals surface area contributed by atoms with Crippen LogP contribution in [0.1, 0.15) is 29.5 Å². The van der Waals surface area contributed by atoms with Crippen molar-refractivity contribution in [1.29, 1.82) is 0 Å². The van der Waals surface area contributed by atoms with Gasteiger partial charge in [0.1, 0.15) is 5.69 Å². The lowest BCUT2D eigenvalue weighted by atomic mass is 10.1. The predicted molar refractivity (Wildman–Crippen MR) is 62.3 cm³/mol. The largest absolute Gasteiger partial charge is 0.388 e. The molecule has 1 unspecified atom stereocenters. The summed E-state index contributed by atoms with van der Waals surface area (Å²) in [7, 11) is 0. The summed E-state index contributed by atoms with van der Waals surface area (Å²) in [6.45, 7) is 4.35. The van der Waals surface area contributed by atoms with E-state index >= 15 is 0 Å². The summed E-state index contributed by atoms with van der Waals surface area (Å²) < 4.78 is 0. The van der Waals surface area contributed by atoms with Crippen molar-refractivity contribution in [3.8, 4) is 0 Å². The Morgan fingerprint density at radius 1 is 1.59 bits per heavy atom. The SMILES string of the molecule is Cc1cc(C(=O)N2CCC(C)(O)C2)nc(N)n1. The van der Waals surface area contributed by atoms with Crippen molar-refractivity contribution in [3.05, 3.63) is 17.5 Å². The third-order valence-corrected chi connectivity index (χ3v) is 2.83. The van der Waals surface area contributed by atoms with Crippen LogP contribution in [0.2, 0.25) is 0 Å². The number of carbonyl (C=O) groups is 1. The molecule has 0 aromatic carbocycles. The molecule has 1 aliphatic heterocycles. The number of anilines is 1. The molecule has 0 aliphatic carbocycles. The molecular formula is C11H16N4O2. The molecule has 0 bridgehead atoms. The van der Waals surface area contributed by atoms with Crippen LogP contribution in [0.25, 0.3) is 0 Å². The average Bonchev–Trinajstić information content (AvgIpc) is 2.56. The van der Waals surface area contributed by atoms with Crippen molar-refractivity contribution in [3.63, 3.8) is 0 Å². The van der Waals surface area contributed by atoms with Gasteiger partial charge in [0.15, 0.2) is 0 Å². The number of aryl methyl sites for hydroxylation is 1. The fourth-order valence-corrected chi connectivity index (χ4v) is 1.98. The lowest BCUT2D eigenvalue weighted by Crippen LogP contribution is -2.34. The lowest BCUT2D eigenvalue weighted by molar-refractivity contribution is 0.0569. The molecule has 2 heterocycles. The summed E-state index contributed by atoms with van der Waals surface area (Å²) in [6, 6.07) is 1.60. The number of aliphatic hydroxyl groups is 1. The molecule has 2 rings (SSSR count). The van der Waals surface area contributed by atoms with E-state index in [1.165, 1.54) is 0 Å². The molecule has 0 saturated carbocycles. The number of nitrogens with two attached hydrogens (primary N) is 1. The number of aromatic nitrogens is 2. The van der Waals surface area contributed by atoms with E-state index in [0.29, 0.717) is 25.2 Å². The highest BCUT2D eigenvalue weighted by atomic mass is 16.3. The molecule has 92 valence electrons. The van der Waals surface area contributed by atoms with Crippen molar-refractivity contribution in [2.75, 3.05) is 18.8 Å². The molecule has 0 radical (unpaired) electrons. The standard InChI is InChI=1S/C11H16N4O2/c1-7-5-8(14-10(12)13-7)9(16)15-4-3-11(2,17)6-15/h5,17H,3-4,6H2,1-2H3,(H2,12,13,14). The maximum absolute atomic E-state index is 12.1. The predicted octanol–water partition coefficient (Wildman–Crippen LogP) is -0.0359. The summed E-state index contributed by atoms with van der Waals surface area (Å²) >= 11 is 0. The number of amides is 1. The number of hydrogen-bond acceptors (Lipinski definition) is 5. The van der Waals surface area contributed by atoms with Gasteiger partial charge in [-0.25, -0.2) is 9.97 Å². The minimum Gasteiger partial charge on any atom is -0.388 e. The molecule has 1 fully saturated rings. The number of nitrogen functional groups attached to an aromatic ring is 1. The highest BCUT2D eigenvalue weighted by molar-refractivity contribution is 5.92. The Hall–Kier alpha value is -1.69. The van der Waals surface area contributed by atoms with E-state index < -0.39 is 5.60 Å². The third-order valence-electron chi connectivity index (χ3n) is 2.83. The summed E-state index contributed by atoms with van der Waals surface area (Å²) in [4.78, 5) is 21.5.